The van der Waals surface area contributed by atoms with E-state index < -0.39 is 0 Å². The third kappa shape index (κ3) is 7.03. The van der Waals surface area contributed by atoms with Crippen LogP contribution >= 0.6 is 0 Å². The van der Waals surface area contributed by atoms with Crippen molar-refractivity contribution in [2.45, 2.75) is 40.2 Å². The SMILES string of the molecule is CCC(CNCC(C)(C)C)N(C)C. The monoisotopic (exact) mass is 186 g/mol. The summed E-state index contributed by atoms with van der Waals surface area (Å²) in [4.78, 5) is 2.29. The van der Waals surface area contributed by atoms with Crippen LogP contribution in [0.25, 0.3) is 0 Å². The Balaban J connectivity index is 3.62. The molecule has 0 spiro atoms. The molecule has 0 aliphatic heterocycles. The number of hydrogen-bond donors (Lipinski definition) is 1. The van der Waals surface area contributed by atoms with Crippen molar-refractivity contribution in [2.75, 3.05) is 27.2 Å². The van der Waals surface area contributed by atoms with E-state index in [1.54, 1.807) is 0 Å². The summed E-state index contributed by atoms with van der Waals surface area (Å²) >= 11 is 0. The smallest absolute Gasteiger partial charge is 0.0211 e. The first kappa shape index (κ1) is 12.9. The lowest BCUT2D eigenvalue weighted by Crippen LogP contribution is -2.40. The van der Waals surface area contributed by atoms with E-state index in [2.05, 4.69) is 52.0 Å². The average molecular weight is 186 g/mol. The fourth-order valence-electron chi connectivity index (χ4n) is 1.31. The second-order valence-electron chi connectivity index (χ2n) is 5.22. The van der Waals surface area contributed by atoms with Gasteiger partial charge >= 0.3 is 0 Å². The topological polar surface area (TPSA) is 15.3 Å². The maximum absolute atomic E-state index is 3.52. The first-order chi connectivity index (χ1) is 5.87. The third-order valence-electron chi connectivity index (χ3n) is 2.24. The van der Waals surface area contributed by atoms with E-state index in [4.69, 9.17) is 0 Å². The van der Waals surface area contributed by atoms with Crippen LogP contribution in [-0.2, 0) is 0 Å². The van der Waals surface area contributed by atoms with Gasteiger partial charge in [-0.05, 0) is 25.9 Å². The van der Waals surface area contributed by atoms with Crippen LogP contribution in [0.3, 0.4) is 0 Å². The summed E-state index contributed by atoms with van der Waals surface area (Å²) in [6.07, 6.45) is 1.21. The zero-order valence-corrected chi connectivity index (χ0v) is 10.1. The van der Waals surface area contributed by atoms with Crippen molar-refractivity contribution in [2.24, 2.45) is 5.41 Å². The standard InChI is InChI=1S/C11H26N2/c1-7-10(13(5)6)8-12-9-11(2,3)4/h10,12H,7-9H2,1-6H3. The first-order valence-electron chi connectivity index (χ1n) is 5.24. The van der Waals surface area contributed by atoms with Gasteiger partial charge in [-0.15, -0.1) is 0 Å². The van der Waals surface area contributed by atoms with Crippen molar-refractivity contribution in [1.29, 1.82) is 0 Å². The van der Waals surface area contributed by atoms with Crippen LogP contribution in [0.15, 0.2) is 0 Å². The normalized spacial score (nSPS) is 15.0. The van der Waals surface area contributed by atoms with Gasteiger partial charge in [-0.2, -0.15) is 0 Å². The van der Waals surface area contributed by atoms with Crippen molar-refractivity contribution in [1.82, 2.24) is 10.2 Å². The summed E-state index contributed by atoms with van der Waals surface area (Å²) in [5.41, 5.74) is 0.393. The molecule has 0 aromatic rings. The predicted molar refractivity (Wildman–Crippen MR) is 60.1 cm³/mol. The van der Waals surface area contributed by atoms with E-state index in [0.717, 1.165) is 13.1 Å². The van der Waals surface area contributed by atoms with Gasteiger partial charge in [-0.25, -0.2) is 0 Å². The van der Waals surface area contributed by atoms with Crippen molar-refractivity contribution in [3.8, 4) is 0 Å². The van der Waals surface area contributed by atoms with Gasteiger partial charge in [0, 0.05) is 19.1 Å². The molecular weight excluding hydrogens is 160 g/mol. The quantitative estimate of drug-likeness (QED) is 0.706. The zero-order valence-electron chi connectivity index (χ0n) is 10.1. The van der Waals surface area contributed by atoms with E-state index in [0.29, 0.717) is 11.5 Å². The van der Waals surface area contributed by atoms with Crippen LogP contribution in [0.4, 0.5) is 0 Å². The van der Waals surface area contributed by atoms with E-state index >= 15 is 0 Å². The fraction of sp³-hybridized carbons (Fsp3) is 1.00. The minimum Gasteiger partial charge on any atom is -0.315 e. The molecule has 0 bridgehead atoms. The Bertz CT molecular complexity index is 125. The van der Waals surface area contributed by atoms with Crippen molar-refractivity contribution >= 4 is 0 Å². The molecule has 1 unspecified atom stereocenters. The molecule has 0 radical (unpaired) electrons. The number of nitrogens with zero attached hydrogens (tertiary/aromatic N) is 1. The van der Waals surface area contributed by atoms with Gasteiger partial charge in [-0.3, -0.25) is 0 Å². The molecule has 0 aliphatic rings. The molecule has 1 atom stereocenters. The molecule has 0 heterocycles. The maximum Gasteiger partial charge on any atom is 0.0211 e. The van der Waals surface area contributed by atoms with Crippen LogP contribution in [-0.4, -0.2) is 38.1 Å². The lowest BCUT2D eigenvalue weighted by molar-refractivity contribution is 0.263. The summed E-state index contributed by atoms with van der Waals surface area (Å²) in [5, 5.41) is 3.52. The second kappa shape index (κ2) is 5.61. The molecular formula is C11H26N2. The van der Waals surface area contributed by atoms with E-state index in [1.807, 2.05) is 0 Å². The summed E-state index contributed by atoms with van der Waals surface area (Å²) in [7, 11) is 4.29. The number of hydrogen-bond acceptors (Lipinski definition) is 2. The molecule has 80 valence electrons. The van der Waals surface area contributed by atoms with E-state index in [1.165, 1.54) is 6.42 Å². The van der Waals surface area contributed by atoms with Gasteiger partial charge in [0.15, 0.2) is 0 Å². The highest BCUT2D eigenvalue weighted by Crippen LogP contribution is 2.10. The molecule has 0 amide bonds. The molecule has 0 rings (SSSR count). The predicted octanol–water partition coefficient (Wildman–Crippen LogP) is 1.96. The highest BCUT2D eigenvalue weighted by molar-refractivity contribution is 4.70. The minimum atomic E-state index is 0.393. The Morgan fingerprint density at radius 3 is 2.08 bits per heavy atom. The van der Waals surface area contributed by atoms with Gasteiger partial charge in [0.1, 0.15) is 0 Å². The van der Waals surface area contributed by atoms with Crippen LogP contribution in [0, 0.1) is 5.41 Å². The molecule has 0 fully saturated rings. The highest BCUT2D eigenvalue weighted by atomic mass is 15.1. The zero-order chi connectivity index (χ0) is 10.5. The molecule has 13 heavy (non-hydrogen) atoms. The molecule has 1 N–H and O–H groups in total. The third-order valence-corrected chi connectivity index (χ3v) is 2.24. The van der Waals surface area contributed by atoms with Crippen LogP contribution in [0.5, 0.6) is 0 Å². The lowest BCUT2D eigenvalue weighted by Gasteiger charge is -2.26. The number of rotatable bonds is 5. The molecule has 0 aromatic heterocycles. The van der Waals surface area contributed by atoms with Gasteiger partial charge < -0.3 is 10.2 Å². The average Bonchev–Trinajstić information content (AvgIpc) is 1.95. The van der Waals surface area contributed by atoms with Crippen LogP contribution in [0.1, 0.15) is 34.1 Å². The Morgan fingerprint density at radius 2 is 1.77 bits per heavy atom. The van der Waals surface area contributed by atoms with Crippen molar-refractivity contribution in [3.63, 3.8) is 0 Å². The Morgan fingerprint density at radius 1 is 1.23 bits per heavy atom. The van der Waals surface area contributed by atoms with Crippen molar-refractivity contribution < 1.29 is 0 Å². The van der Waals surface area contributed by atoms with Gasteiger partial charge in [-0.1, -0.05) is 27.7 Å². The summed E-state index contributed by atoms with van der Waals surface area (Å²) in [6, 6.07) is 0.669. The number of nitrogens with one attached hydrogen (secondary N) is 1. The lowest BCUT2D eigenvalue weighted by atomic mass is 9.97. The summed E-state index contributed by atoms with van der Waals surface area (Å²) < 4.78 is 0. The second-order valence-corrected chi connectivity index (χ2v) is 5.22. The summed E-state index contributed by atoms with van der Waals surface area (Å²) in [5.74, 6) is 0. The first-order valence-corrected chi connectivity index (χ1v) is 5.24. The largest absolute Gasteiger partial charge is 0.315 e. The van der Waals surface area contributed by atoms with E-state index in [9.17, 15) is 0 Å². The molecule has 2 nitrogen and oxygen atoms in total. The van der Waals surface area contributed by atoms with Gasteiger partial charge in [0.2, 0.25) is 0 Å². The Kier molecular flexibility index (Phi) is 5.57. The van der Waals surface area contributed by atoms with Gasteiger partial charge in [0.25, 0.3) is 0 Å². The van der Waals surface area contributed by atoms with Crippen LogP contribution < -0.4 is 5.32 Å². The van der Waals surface area contributed by atoms with E-state index in [-0.39, 0.29) is 0 Å². The number of likely N-dealkylation sites (N-methyl/N-ethyl adjacent to an activating group) is 1. The molecule has 2 heteroatoms. The van der Waals surface area contributed by atoms with Crippen molar-refractivity contribution in [3.05, 3.63) is 0 Å². The molecule has 0 saturated heterocycles. The van der Waals surface area contributed by atoms with Crippen LogP contribution in [0.2, 0.25) is 0 Å². The molecule has 0 aliphatic carbocycles. The minimum absolute atomic E-state index is 0.393. The Labute approximate surface area is 83.7 Å². The highest BCUT2D eigenvalue weighted by Gasteiger charge is 2.12. The molecule has 0 aromatic carbocycles. The summed E-state index contributed by atoms with van der Waals surface area (Å²) in [6.45, 7) is 11.2. The van der Waals surface area contributed by atoms with Gasteiger partial charge in [0.05, 0.1) is 0 Å². The molecule has 0 saturated carbocycles. The maximum atomic E-state index is 3.52. The fourth-order valence-corrected chi connectivity index (χ4v) is 1.31. The Hall–Kier alpha value is -0.0800.